The normalized spacial score (nSPS) is 20.4. The maximum atomic E-state index is 13.3. The van der Waals surface area contributed by atoms with E-state index in [1.54, 1.807) is 17.2 Å². The predicted octanol–water partition coefficient (Wildman–Crippen LogP) is 2.28. The Morgan fingerprint density at radius 1 is 1.10 bits per heavy atom. The predicted molar refractivity (Wildman–Crippen MR) is 119 cm³/mol. The largest absolute Gasteiger partial charge is 0.372 e. The Morgan fingerprint density at radius 2 is 1.97 bits per heavy atom. The number of nitrogens with zero attached hydrogens (tertiary/aromatic N) is 7. The zero-order valence-corrected chi connectivity index (χ0v) is 18.0. The number of carbonyl (C=O) groups is 1. The summed E-state index contributed by atoms with van der Waals surface area (Å²) in [6.07, 6.45) is 5.00. The van der Waals surface area contributed by atoms with Crippen LogP contribution in [0.25, 0.3) is 0 Å². The molecule has 4 heterocycles. The number of amides is 2. The number of rotatable bonds is 2. The third-order valence-electron chi connectivity index (χ3n) is 5.88. The summed E-state index contributed by atoms with van der Waals surface area (Å²) in [6, 6.07) is 5.64. The second kappa shape index (κ2) is 8.83. The van der Waals surface area contributed by atoms with Crippen LogP contribution in [-0.2, 0) is 0 Å². The summed E-state index contributed by atoms with van der Waals surface area (Å²) in [5, 5.41) is 2.90. The molecule has 0 spiro atoms. The van der Waals surface area contributed by atoms with Gasteiger partial charge in [0.25, 0.3) is 0 Å². The quantitative estimate of drug-likeness (QED) is 0.813. The standard InChI is InChI=1S/C21H30N8O/c1-16-8-12-27(3)17-5-6-19(28-11-4-10-26(2)13-14-28)25-20(17)29(16)21(30)24-18-7-9-22-15-23-18/h5-7,9,15-16H,4,8,10-14H2,1-3H3,(H,22,23,24,30)/t16-/m1/s1. The SMILES string of the molecule is C[C@@H]1CCN(C)c2ccc(N3CCCN(C)CC3)nc2N1C(=O)Nc1ccncn1. The first-order valence-corrected chi connectivity index (χ1v) is 10.5. The monoisotopic (exact) mass is 410 g/mol. The van der Waals surface area contributed by atoms with Gasteiger partial charge in [-0.1, -0.05) is 0 Å². The van der Waals surface area contributed by atoms with E-state index in [0.29, 0.717) is 11.6 Å². The summed E-state index contributed by atoms with van der Waals surface area (Å²) in [7, 11) is 4.21. The molecule has 4 rings (SSSR count). The van der Waals surface area contributed by atoms with Crippen molar-refractivity contribution in [2.24, 2.45) is 0 Å². The number of urea groups is 1. The van der Waals surface area contributed by atoms with Gasteiger partial charge >= 0.3 is 6.03 Å². The lowest BCUT2D eigenvalue weighted by atomic mass is 10.2. The first kappa shape index (κ1) is 20.3. The number of pyridine rings is 1. The van der Waals surface area contributed by atoms with Crippen LogP contribution in [0.2, 0.25) is 0 Å². The van der Waals surface area contributed by atoms with E-state index >= 15 is 0 Å². The molecule has 30 heavy (non-hydrogen) atoms. The molecule has 0 saturated carbocycles. The van der Waals surface area contributed by atoms with E-state index < -0.39 is 0 Å². The van der Waals surface area contributed by atoms with Crippen LogP contribution in [0.1, 0.15) is 19.8 Å². The zero-order chi connectivity index (χ0) is 21.1. The minimum atomic E-state index is -0.224. The van der Waals surface area contributed by atoms with Gasteiger partial charge in [0.1, 0.15) is 18.0 Å². The Labute approximate surface area is 177 Å². The van der Waals surface area contributed by atoms with Crippen LogP contribution in [0.15, 0.2) is 30.7 Å². The third kappa shape index (κ3) is 4.30. The van der Waals surface area contributed by atoms with Gasteiger partial charge in [0.05, 0.1) is 5.69 Å². The highest BCUT2D eigenvalue weighted by Crippen LogP contribution is 2.34. The molecule has 9 nitrogen and oxygen atoms in total. The molecular weight excluding hydrogens is 380 g/mol. The maximum Gasteiger partial charge on any atom is 0.328 e. The summed E-state index contributed by atoms with van der Waals surface area (Å²) in [5.74, 6) is 2.10. The van der Waals surface area contributed by atoms with Crippen molar-refractivity contribution in [3.05, 3.63) is 30.7 Å². The topological polar surface area (TPSA) is 80.7 Å². The fraction of sp³-hybridized carbons (Fsp3) is 0.524. The Hall–Kier alpha value is -2.94. The Balaban J connectivity index is 1.67. The lowest BCUT2D eigenvalue weighted by molar-refractivity contribution is 0.255. The van der Waals surface area contributed by atoms with Gasteiger partial charge in [-0.25, -0.2) is 19.7 Å². The van der Waals surface area contributed by atoms with Crippen molar-refractivity contribution in [2.75, 3.05) is 66.8 Å². The fourth-order valence-electron chi connectivity index (χ4n) is 4.03. The van der Waals surface area contributed by atoms with E-state index in [1.807, 2.05) is 0 Å². The van der Waals surface area contributed by atoms with Crippen LogP contribution < -0.4 is 20.0 Å². The van der Waals surface area contributed by atoms with E-state index in [1.165, 1.54) is 6.33 Å². The number of likely N-dealkylation sites (N-methyl/N-ethyl adjacent to an activating group) is 1. The van der Waals surface area contributed by atoms with E-state index in [4.69, 9.17) is 4.98 Å². The van der Waals surface area contributed by atoms with Gasteiger partial charge in [-0.3, -0.25) is 10.2 Å². The Bertz CT molecular complexity index is 877. The van der Waals surface area contributed by atoms with E-state index in [2.05, 4.69) is 63.1 Å². The number of nitrogens with one attached hydrogen (secondary N) is 1. The Morgan fingerprint density at radius 3 is 2.77 bits per heavy atom. The molecule has 9 heteroatoms. The lowest BCUT2D eigenvalue weighted by Crippen LogP contribution is -2.42. The smallest absolute Gasteiger partial charge is 0.328 e. The van der Waals surface area contributed by atoms with Gasteiger partial charge in [-0.2, -0.15) is 0 Å². The first-order chi connectivity index (χ1) is 14.5. The highest BCUT2D eigenvalue weighted by Gasteiger charge is 2.31. The molecule has 2 aromatic heterocycles. The second-order valence-corrected chi connectivity index (χ2v) is 8.11. The van der Waals surface area contributed by atoms with Crippen molar-refractivity contribution < 1.29 is 4.79 Å². The third-order valence-corrected chi connectivity index (χ3v) is 5.88. The van der Waals surface area contributed by atoms with Crippen molar-refractivity contribution in [3.8, 4) is 0 Å². The molecule has 0 aromatic carbocycles. The number of aromatic nitrogens is 3. The summed E-state index contributed by atoms with van der Waals surface area (Å²) in [4.78, 5) is 34.9. The van der Waals surface area contributed by atoms with Crippen molar-refractivity contribution in [3.63, 3.8) is 0 Å². The second-order valence-electron chi connectivity index (χ2n) is 8.11. The minimum Gasteiger partial charge on any atom is -0.372 e. The number of hydrogen-bond donors (Lipinski definition) is 1. The molecule has 1 atom stereocenters. The molecule has 0 unspecified atom stereocenters. The van der Waals surface area contributed by atoms with Crippen LogP contribution in [-0.4, -0.2) is 78.7 Å². The summed E-state index contributed by atoms with van der Waals surface area (Å²) in [5.41, 5.74) is 0.966. The van der Waals surface area contributed by atoms with Crippen molar-refractivity contribution in [2.45, 2.75) is 25.8 Å². The van der Waals surface area contributed by atoms with Crippen molar-refractivity contribution in [1.29, 1.82) is 0 Å². The van der Waals surface area contributed by atoms with Gasteiger partial charge in [0.15, 0.2) is 5.82 Å². The average Bonchev–Trinajstić information content (AvgIpc) is 3.03. The van der Waals surface area contributed by atoms with Gasteiger partial charge in [-0.05, 0) is 51.6 Å². The fourth-order valence-corrected chi connectivity index (χ4v) is 4.03. The summed E-state index contributed by atoms with van der Waals surface area (Å²) in [6.45, 7) is 6.93. The van der Waals surface area contributed by atoms with Gasteiger partial charge in [0.2, 0.25) is 0 Å². The Kier molecular flexibility index (Phi) is 5.98. The highest BCUT2D eigenvalue weighted by molar-refractivity contribution is 6.03. The minimum absolute atomic E-state index is 0.00792. The number of hydrogen-bond acceptors (Lipinski definition) is 7. The molecule has 160 valence electrons. The summed E-state index contributed by atoms with van der Waals surface area (Å²) >= 11 is 0. The van der Waals surface area contributed by atoms with Crippen molar-refractivity contribution in [1.82, 2.24) is 19.9 Å². The van der Waals surface area contributed by atoms with Crippen LogP contribution >= 0.6 is 0 Å². The number of carbonyl (C=O) groups excluding carboxylic acids is 1. The first-order valence-electron chi connectivity index (χ1n) is 10.5. The maximum absolute atomic E-state index is 13.3. The van der Waals surface area contributed by atoms with Crippen LogP contribution in [0.5, 0.6) is 0 Å². The molecule has 1 N–H and O–H groups in total. The molecule has 0 radical (unpaired) electrons. The number of fused-ring (bicyclic) bond motifs is 1. The molecule has 1 saturated heterocycles. The highest BCUT2D eigenvalue weighted by atomic mass is 16.2. The molecule has 1 fully saturated rings. The van der Waals surface area contributed by atoms with E-state index in [9.17, 15) is 4.79 Å². The molecular formula is C21H30N8O. The van der Waals surface area contributed by atoms with Gasteiger partial charge in [-0.15, -0.1) is 0 Å². The molecule has 2 aromatic rings. The van der Waals surface area contributed by atoms with Crippen molar-refractivity contribution >= 4 is 29.2 Å². The average molecular weight is 411 g/mol. The summed E-state index contributed by atoms with van der Waals surface area (Å²) < 4.78 is 0. The van der Waals surface area contributed by atoms with Crippen LogP contribution in [0.3, 0.4) is 0 Å². The van der Waals surface area contributed by atoms with E-state index in [0.717, 1.165) is 57.1 Å². The van der Waals surface area contributed by atoms with Crippen LogP contribution in [0.4, 0.5) is 27.9 Å². The molecule has 0 aliphatic carbocycles. The van der Waals surface area contributed by atoms with Crippen LogP contribution in [0, 0.1) is 0 Å². The van der Waals surface area contributed by atoms with E-state index in [-0.39, 0.29) is 12.1 Å². The molecule has 2 amide bonds. The lowest BCUT2D eigenvalue weighted by Gasteiger charge is -2.29. The number of anilines is 4. The van der Waals surface area contributed by atoms with Gasteiger partial charge in [0, 0.05) is 45.5 Å². The molecule has 2 aliphatic heterocycles. The van der Waals surface area contributed by atoms with Gasteiger partial charge < -0.3 is 14.7 Å². The zero-order valence-electron chi connectivity index (χ0n) is 18.0. The molecule has 0 bridgehead atoms. The molecule has 2 aliphatic rings.